The summed E-state index contributed by atoms with van der Waals surface area (Å²) >= 11 is 0. The van der Waals surface area contributed by atoms with E-state index >= 15 is 0 Å². The molecule has 26 heavy (non-hydrogen) atoms. The van der Waals surface area contributed by atoms with Crippen LogP contribution in [0.4, 0.5) is 0 Å². The first kappa shape index (κ1) is 21.7. The first-order chi connectivity index (χ1) is 12.1. The Balaban J connectivity index is 2.12. The number of aliphatic hydroxyl groups excluding tert-OH is 1. The Morgan fingerprint density at radius 2 is 1.81 bits per heavy atom. The van der Waals surface area contributed by atoms with E-state index < -0.39 is 14.4 Å². The smallest absolute Gasteiger partial charge is 0.192 e. The highest BCUT2D eigenvalue weighted by atomic mass is 28.4. The molecule has 148 valence electrons. The zero-order valence-electron chi connectivity index (χ0n) is 17.2. The van der Waals surface area contributed by atoms with Gasteiger partial charge in [0.25, 0.3) is 0 Å². The van der Waals surface area contributed by atoms with Gasteiger partial charge >= 0.3 is 0 Å². The number of hydrogen-bond donors (Lipinski definition) is 1. The summed E-state index contributed by atoms with van der Waals surface area (Å²) in [5.41, 5.74) is 0. The van der Waals surface area contributed by atoms with Gasteiger partial charge in [0.15, 0.2) is 8.32 Å². The van der Waals surface area contributed by atoms with Crippen molar-refractivity contribution in [2.24, 2.45) is 0 Å². The lowest BCUT2D eigenvalue weighted by atomic mass is 10.0. The van der Waals surface area contributed by atoms with Crippen molar-refractivity contribution in [1.82, 2.24) is 0 Å². The molecule has 0 aromatic heterocycles. The third-order valence-corrected chi connectivity index (χ3v) is 10.6. The first-order valence-electron chi connectivity index (χ1n) is 9.87. The maximum Gasteiger partial charge on any atom is 0.192 e. The van der Waals surface area contributed by atoms with E-state index in [0.717, 1.165) is 19.3 Å². The van der Waals surface area contributed by atoms with Crippen molar-refractivity contribution in [3.05, 3.63) is 12.2 Å². The van der Waals surface area contributed by atoms with E-state index in [4.69, 9.17) is 20.3 Å². The minimum atomic E-state index is -1.87. The minimum Gasteiger partial charge on any atom is -0.411 e. The topological polar surface area (TPSA) is 47.9 Å². The average molecular weight is 381 g/mol. The normalized spacial score (nSPS) is 33.5. The molecule has 0 unspecified atom stereocenters. The molecule has 1 saturated heterocycles. The molecule has 2 aliphatic heterocycles. The van der Waals surface area contributed by atoms with Crippen LogP contribution in [0.1, 0.15) is 53.4 Å². The van der Waals surface area contributed by atoms with Crippen LogP contribution in [0.25, 0.3) is 0 Å². The molecule has 1 fully saturated rings. The number of fused-ring (bicyclic) bond motifs is 1. The Hall–Kier alpha value is -0.643. The molecule has 0 aromatic rings. The lowest BCUT2D eigenvalue weighted by molar-refractivity contribution is -0.0979. The van der Waals surface area contributed by atoms with E-state index in [1.54, 1.807) is 0 Å². The maximum absolute atomic E-state index is 9.96. The lowest BCUT2D eigenvalue weighted by Gasteiger charge is -2.42. The zero-order chi connectivity index (χ0) is 19.5. The summed E-state index contributed by atoms with van der Waals surface area (Å²) in [5, 5.41) is 10.1. The van der Waals surface area contributed by atoms with Gasteiger partial charge in [0, 0.05) is 6.42 Å². The number of terminal acetylenes is 1. The molecule has 0 aliphatic carbocycles. The van der Waals surface area contributed by atoms with Crippen LogP contribution in [0.5, 0.6) is 0 Å². The lowest BCUT2D eigenvalue weighted by Crippen LogP contribution is -2.48. The number of ether oxygens (including phenoxy) is 2. The van der Waals surface area contributed by atoms with Crippen LogP contribution < -0.4 is 0 Å². The molecule has 2 aliphatic rings. The molecule has 0 amide bonds. The molecule has 0 radical (unpaired) electrons. The van der Waals surface area contributed by atoms with Crippen LogP contribution in [0.2, 0.25) is 18.1 Å². The van der Waals surface area contributed by atoms with Crippen molar-refractivity contribution in [2.45, 2.75) is 108 Å². The highest BCUT2D eigenvalue weighted by Crippen LogP contribution is 2.39. The van der Waals surface area contributed by atoms with Gasteiger partial charge in [0.05, 0.1) is 30.5 Å². The summed E-state index contributed by atoms with van der Waals surface area (Å²) in [6.45, 7) is 13.5. The first-order valence-corrected chi connectivity index (χ1v) is 12.8. The van der Waals surface area contributed by atoms with Gasteiger partial charge in [-0.3, -0.25) is 0 Å². The fourth-order valence-corrected chi connectivity index (χ4v) is 4.80. The molecule has 0 spiro atoms. The predicted molar refractivity (Wildman–Crippen MR) is 108 cm³/mol. The standard InChI is InChI=1S/C21H36O4Si/c1-8-15(22)19-14-20-18(23-19)13-11-10-12-17(24-20)16(9-2)25-26(6,7)21(3,4)5/h1,10-11,15-20,22H,9,12-14H2,2-7H3/b11-10-/t15-,16+,17+,18-,19+,20-/m0/s1. The van der Waals surface area contributed by atoms with E-state index in [2.05, 4.69) is 58.9 Å². The second kappa shape index (κ2) is 8.58. The number of aliphatic hydroxyl groups is 1. The second-order valence-corrected chi connectivity index (χ2v) is 13.8. The van der Waals surface area contributed by atoms with Gasteiger partial charge in [-0.15, -0.1) is 6.42 Å². The Labute approximate surface area is 160 Å². The molecule has 2 heterocycles. The van der Waals surface area contributed by atoms with Crippen LogP contribution in [0, 0.1) is 12.3 Å². The van der Waals surface area contributed by atoms with Crippen molar-refractivity contribution in [3.63, 3.8) is 0 Å². The fourth-order valence-electron chi connectivity index (χ4n) is 3.37. The van der Waals surface area contributed by atoms with Crippen LogP contribution >= 0.6 is 0 Å². The summed E-state index contributed by atoms with van der Waals surface area (Å²) < 4.78 is 19.2. The minimum absolute atomic E-state index is 0.00324. The summed E-state index contributed by atoms with van der Waals surface area (Å²) in [7, 11) is -1.87. The summed E-state index contributed by atoms with van der Waals surface area (Å²) in [6, 6.07) is 0. The van der Waals surface area contributed by atoms with E-state index in [-0.39, 0.29) is 35.6 Å². The second-order valence-electron chi connectivity index (χ2n) is 9.04. The Kier molecular flexibility index (Phi) is 7.14. The molecular formula is C21H36O4Si. The van der Waals surface area contributed by atoms with Gasteiger partial charge in [-0.2, -0.15) is 0 Å². The van der Waals surface area contributed by atoms with Gasteiger partial charge in [0.2, 0.25) is 0 Å². The SMILES string of the molecule is C#C[C@H](O)[C@H]1C[C@@H]2O[C@@H]([C@@H](CC)O[Si](C)(C)C(C)(C)C)C/C=C\C[C@@H]2O1. The van der Waals surface area contributed by atoms with Crippen molar-refractivity contribution >= 4 is 8.32 Å². The molecular weight excluding hydrogens is 344 g/mol. The van der Waals surface area contributed by atoms with Crippen molar-refractivity contribution in [3.8, 4) is 12.3 Å². The molecule has 2 rings (SSSR count). The van der Waals surface area contributed by atoms with Crippen molar-refractivity contribution < 1.29 is 19.0 Å². The highest BCUT2D eigenvalue weighted by Gasteiger charge is 2.43. The third-order valence-electron chi connectivity index (χ3n) is 6.07. The quantitative estimate of drug-likeness (QED) is 0.444. The van der Waals surface area contributed by atoms with E-state index in [1.807, 2.05) is 0 Å². The van der Waals surface area contributed by atoms with Gasteiger partial charge in [-0.1, -0.05) is 45.8 Å². The Morgan fingerprint density at radius 1 is 1.19 bits per heavy atom. The molecule has 0 saturated carbocycles. The molecule has 0 aromatic carbocycles. The molecule has 4 nitrogen and oxygen atoms in total. The Bertz CT molecular complexity index is 531. The van der Waals surface area contributed by atoms with Crippen LogP contribution in [0.3, 0.4) is 0 Å². The molecule has 5 heteroatoms. The van der Waals surface area contributed by atoms with Crippen LogP contribution in [0.15, 0.2) is 12.2 Å². The predicted octanol–water partition coefficient (Wildman–Crippen LogP) is 4.04. The summed E-state index contributed by atoms with van der Waals surface area (Å²) in [4.78, 5) is 0. The zero-order valence-corrected chi connectivity index (χ0v) is 18.2. The van der Waals surface area contributed by atoms with E-state index in [1.165, 1.54) is 0 Å². The average Bonchev–Trinajstić information content (AvgIpc) is 2.93. The number of rotatable bonds is 5. The van der Waals surface area contributed by atoms with Crippen molar-refractivity contribution in [2.75, 3.05) is 0 Å². The van der Waals surface area contributed by atoms with Crippen LogP contribution in [-0.4, -0.2) is 50.0 Å². The Morgan fingerprint density at radius 3 is 2.38 bits per heavy atom. The number of hydrogen-bond acceptors (Lipinski definition) is 4. The van der Waals surface area contributed by atoms with Crippen molar-refractivity contribution in [1.29, 1.82) is 0 Å². The van der Waals surface area contributed by atoms with Crippen LogP contribution in [-0.2, 0) is 13.9 Å². The fraction of sp³-hybridized carbons (Fsp3) is 0.810. The summed E-state index contributed by atoms with van der Waals surface area (Å²) in [6.07, 6.45) is 11.6. The van der Waals surface area contributed by atoms with Gasteiger partial charge in [0.1, 0.15) is 6.10 Å². The summed E-state index contributed by atoms with van der Waals surface area (Å²) in [5.74, 6) is 2.38. The van der Waals surface area contributed by atoms with Gasteiger partial charge in [-0.05, 0) is 37.4 Å². The molecule has 1 N–H and O–H groups in total. The van der Waals surface area contributed by atoms with E-state index in [9.17, 15) is 5.11 Å². The van der Waals surface area contributed by atoms with Gasteiger partial charge in [-0.25, -0.2) is 0 Å². The maximum atomic E-state index is 9.96. The largest absolute Gasteiger partial charge is 0.411 e. The monoisotopic (exact) mass is 380 g/mol. The van der Waals surface area contributed by atoms with Gasteiger partial charge < -0.3 is 19.0 Å². The van der Waals surface area contributed by atoms with E-state index in [0.29, 0.717) is 6.42 Å². The third kappa shape index (κ3) is 4.99. The highest BCUT2D eigenvalue weighted by molar-refractivity contribution is 6.74. The molecule has 6 atom stereocenters. The molecule has 0 bridgehead atoms.